The molecule has 1 amide bonds. The van der Waals surface area contributed by atoms with Gasteiger partial charge in [0, 0.05) is 39.9 Å². The fourth-order valence-corrected chi connectivity index (χ4v) is 7.83. The number of thiophene rings is 1. The molecule has 32 heavy (non-hydrogen) atoms. The summed E-state index contributed by atoms with van der Waals surface area (Å²) < 4.78 is 14.5. The molecule has 1 aromatic heterocycles. The van der Waals surface area contributed by atoms with E-state index in [9.17, 15) is 14.0 Å². The molecule has 3 aliphatic rings. The number of nitrogens with zero attached hydrogens (tertiary/aromatic N) is 1. The van der Waals surface area contributed by atoms with Crippen LogP contribution in [0.3, 0.4) is 0 Å². The van der Waals surface area contributed by atoms with E-state index >= 15 is 0 Å². The first kappa shape index (κ1) is 20.4. The maximum Gasteiger partial charge on any atom is 0.250 e. The van der Waals surface area contributed by atoms with Gasteiger partial charge in [0.2, 0.25) is 5.91 Å². The summed E-state index contributed by atoms with van der Waals surface area (Å²) in [5.74, 6) is -0.259. The Hall–Kier alpha value is -2.19. The van der Waals surface area contributed by atoms with Crippen LogP contribution < -0.4 is 5.32 Å². The van der Waals surface area contributed by atoms with Crippen molar-refractivity contribution in [2.75, 3.05) is 16.9 Å². The van der Waals surface area contributed by atoms with Crippen molar-refractivity contribution < 1.29 is 14.0 Å². The third kappa shape index (κ3) is 2.71. The van der Waals surface area contributed by atoms with Gasteiger partial charge in [-0.3, -0.25) is 14.5 Å². The van der Waals surface area contributed by atoms with Crippen LogP contribution in [-0.2, 0) is 10.3 Å². The first-order valence-corrected chi connectivity index (χ1v) is 12.7. The number of thioether (sulfide) groups is 1. The molecule has 0 bridgehead atoms. The maximum absolute atomic E-state index is 14.5. The number of hydrogen-bond acceptors (Lipinski definition) is 5. The Morgan fingerprint density at radius 2 is 2.00 bits per heavy atom. The molecule has 4 nitrogen and oxygen atoms in total. The van der Waals surface area contributed by atoms with Gasteiger partial charge in [-0.25, -0.2) is 4.39 Å². The second kappa shape index (κ2) is 7.42. The normalized spacial score (nSPS) is 28.7. The first-order chi connectivity index (χ1) is 15.5. The second-order valence-corrected chi connectivity index (χ2v) is 10.7. The molecule has 1 spiro atoms. The molecule has 0 aliphatic carbocycles. The lowest BCUT2D eigenvalue weighted by atomic mass is 9.70. The summed E-state index contributed by atoms with van der Waals surface area (Å²) in [7, 11) is 0. The number of halogens is 2. The highest BCUT2D eigenvalue weighted by atomic mass is 35.5. The molecule has 4 heterocycles. The molecule has 1 N–H and O–H groups in total. The Bertz CT molecular complexity index is 1230. The highest BCUT2D eigenvalue weighted by Crippen LogP contribution is 2.61. The first-order valence-electron chi connectivity index (χ1n) is 10.3. The molecule has 2 saturated heterocycles. The van der Waals surface area contributed by atoms with Gasteiger partial charge in [-0.2, -0.15) is 0 Å². The number of amides is 1. The van der Waals surface area contributed by atoms with Crippen molar-refractivity contribution in [3.63, 3.8) is 0 Å². The molecule has 3 aromatic rings. The van der Waals surface area contributed by atoms with Crippen molar-refractivity contribution in [3.05, 3.63) is 86.8 Å². The smallest absolute Gasteiger partial charge is 0.250 e. The molecule has 0 unspecified atom stereocenters. The number of nitrogens with one attached hydrogen (secondary N) is 1. The predicted molar refractivity (Wildman–Crippen MR) is 126 cm³/mol. The van der Waals surface area contributed by atoms with Crippen LogP contribution in [0.15, 0.2) is 60.0 Å². The van der Waals surface area contributed by atoms with E-state index in [1.54, 1.807) is 23.9 Å². The Morgan fingerprint density at radius 1 is 1.19 bits per heavy atom. The van der Waals surface area contributed by atoms with E-state index in [0.717, 1.165) is 11.3 Å². The Labute approximate surface area is 197 Å². The van der Waals surface area contributed by atoms with Crippen LogP contribution >= 0.6 is 34.7 Å². The van der Waals surface area contributed by atoms with E-state index in [-0.39, 0.29) is 23.7 Å². The largest absolute Gasteiger partial charge is 0.324 e. The van der Waals surface area contributed by atoms with Crippen LogP contribution in [0.2, 0.25) is 5.02 Å². The minimum Gasteiger partial charge on any atom is -0.324 e. The quantitative estimate of drug-likeness (QED) is 0.508. The Morgan fingerprint density at radius 3 is 2.75 bits per heavy atom. The monoisotopic (exact) mass is 484 g/mol. The fourth-order valence-electron chi connectivity index (χ4n) is 5.68. The lowest BCUT2D eigenvalue weighted by Crippen LogP contribution is -2.52. The molecular weight excluding hydrogens is 467 g/mol. The summed E-state index contributed by atoms with van der Waals surface area (Å²) >= 11 is 9.26. The zero-order valence-electron chi connectivity index (χ0n) is 16.8. The molecule has 162 valence electrons. The van der Waals surface area contributed by atoms with Crippen LogP contribution in [0, 0.1) is 11.7 Å². The topological polar surface area (TPSA) is 49.4 Å². The summed E-state index contributed by atoms with van der Waals surface area (Å²) in [6.07, 6.45) is 0. The van der Waals surface area contributed by atoms with Crippen LogP contribution in [-0.4, -0.2) is 34.3 Å². The van der Waals surface area contributed by atoms with Crippen molar-refractivity contribution >= 4 is 52.1 Å². The summed E-state index contributed by atoms with van der Waals surface area (Å²) in [6, 6.07) is 15.5. The molecule has 0 saturated carbocycles. The van der Waals surface area contributed by atoms with Crippen LogP contribution in [0.1, 0.15) is 26.7 Å². The van der Waals surface area contributed by atoms with Crippen LogP contribution in [0.25, 0.3) is 0 Å². The molecule has 2 fully saturated rings. The van der Waals surface area contributed by atoms with E-state index in [1.165, 1.54) is 23.5 Å². The van der Waals surface area contributed by atoms with E-state index in [2.05, 4.69) is 10.2 Å². The number of carbonyl (C=O) groups is 2. The number of Topliss-reactive ketones (excluding diaryl/α,β-unsaturated/α-hetero) is 1. The standard InChI is InChI=1S/C24H18ClFN2O2S2/c25-14-5-3-13(4-6-14)20-18-11-31-12-28(18)24(21(20)22(29)19-2-1-9-32-19)16-10-15(26)7-8-17(16)27-23(24)30/h1-10,18,20-21H,11-12H2,(H,27,30)/t18-,20-,21+,24+/m1/s1. The number of ketones is 1. The molecule has 8 heteroatoms. The van der Waals surface area contributed by atoms with Gasteiger partial charge in [-0.05, 0) is 47.3 Å². The van der Waals surface area contributed by atoms with Gasteiger partial charge in [0.15, 0.2) is 5.78 Å². The zero-order chi connectivity index (χ0) is 22.0. The lowest BCUT2D eigenvalue weighted by molar-refractivity contribution is -0.127. The van der Waals surface area contributed by atoms with E-state index < -0.39 is 17.3 Å². The summed E-state index contributed by atoms with van der Waals surface area (Å²) in [4.78, 5) is 30.6. The Balaban J connectivity index is 1.63. The van der Waals surface area contributed by atoms with Crippen molar-refractivity contribution in [2.45, 2.75) is 17.5 Å². The van der Waals surface area contributed by atoms with E-state index in [4.69, 9.17) is 11.6 Å². The van der Waals surface area contributed by atoms with Gasteiger partial charge in [0.1, 0.15) is 11.4 Å². The van der Waals surface area contributed by atoms with Gasteiger partial charge in [0.05, 0.1) is 10.8 Å². The van der Waals surface area contributed by atoms with Gasteiger partial charge >= 0.3 is 0 Å². The zero-order valence-corrected chi connectivity index (χ0v) is 19.1. The van der Waals surface area contributed by atoms with Gasteiger partial charge in [-0.15, -0.1) is 23.1 Å². The number of fused-ring (bicyclic) bond motifs is 4. The SMILES string of the molecule is O=C(c1cccs1)[C@@H]1[C@H](c2ccc(Cl)cc2)[C@H]2CSCN2[C@]12C(=O)Nc1ccc(F)cc12. The number of benzene rings is 2. The maximum atomic E-state index is 14.5. The highest BCUT2D eigenvalue weighted by molar-refractivity contribution is 7.99. The molecule has 3 aliphatic heterocycles. The average Bonchev–Trinajstić information content (AvgIpc) is 3.55. The second-order valence-electron chi connectivity index (χ2n) is 8.34. The molecular formula is C24H18ClFN2O2S2. The Kier molecular flexibility index (Phi) is 4.73. The molecule has 2 aromatic carbocycles. The minimum atomic E-state index is -1.25. The number of hydrogen-bond donors (Lipinski definition) is 1. The molecule has 4 atom stereocenters. The predicted octanol–water partition coefficient (Wildman–Crippen LogP) is 5.36. The summed E-state index contributed by atoms with van der Waals surface area (Å²) in [5.41, 5.74) is 0.849. The molecule has 0 radical (unpaired) electrons. The van der Waals surface area contributed by atoms with Crippen molar-refractivity contribution in [2.24, 2.45) is 5.92 Å². The van der Waals surface area contributed by atoms with E-state index in [1.807, 2.05) is 35.7 Å². The minimum absolute atomic E-state index is 0.0324. The van der Waals surface area contributed by atoms with E-state index in [0.29, 0.717) is 27.0 Å². The van der Waals surface area contributed by atoms with Crippen molar-refractivity contribution in [1.29, 1.82) is 0 Å². The molecule has 6 rings (SSSR count). The lowest BCUT2D eigenvalue weighted by Gasteiger charge is -2.36. The highest BCUT2D eigenvalue weighted by Gasteiger charge is 2.69. The number of anilines is 1. The van der Waals surface area contributed by atoms with Crippen LogP contribution in [0.5, 0.6) is 0 Å². The van der Waals surface area contributed by atoms with Gasteiger partial charge < -0.3 is 5.32 Å². The van der Waals surface area contributed by atoms with Crippen molar-refractivity contribution in [3.8, 4) is 0 Å². The van der Waals surface area contributed by atoms with Gasteiger partial charge in [-0.1, -0.05) is 29.8 Å². The fraction of sp³-hybridized carbons (Fsp3) is 0.250. The van der Waals surface area contributed by atoms with Gasteiger partial charge in [0.25, 0.3) is 0 Å². The number of rotatable bonds is 3. The third-order valence-corrected chi connectivity index (χ3v) is 9.06. The summed E-state index contributed by atoms with van der Waals surface area (Å²) in [6.45, 7) is 0. The van der Waals surface area contributed by atoms with Crippen molar-refractivity contribution in [1.82, 2.24) is 4.90 Å². The average molecular weight is 485 g/mol. The summed E-state index contributed by atoms with van der Waals surface area (Å²) in [5, 5.41) is 5.44. The van der Waals surface area contributed by atoms with Crippen LogP contribution in [0.4, 0.5) is 10.1 Å². The number of carbonyl (C=O) groups excluding carboxylic acids is 2. The third-order valence-electron chi connectivity index (χ3n) is 6.88.